The Hall–Kier alpha value is -2.48. The molecule has 0 heterocycles. The molecule has 26 heavy (non-hydrogen) atoms. The molecule has 0 bridgehead atoms. The van der Waals surface area contributed by atoms with Crippen molar-refractivity contribution < 1.29 is 22.0 Å². The van der Waals surface area contributed by atoms with Gasteiger partial charge in [0.1, 0.15) is 17.7 Å². The Morgan fingerprint density at radius 2 is 1.62 bits per heavy atom. The third-order valence-electron chi connectivity index (χ3n) is 3.91. The zero-order valence-corrected chi connectivity index (χ0v) is 15.4. The molecule has 2 aromatic carbocycles. The smallest absolute Gasteiger partial charge is 0.244 e. The van der Waals surface area contributed by atoms with Crippen molar-refractivity contribution in [2.24, 2.45) is 0 Å². The van der Waals surface area contributed by atoms with E-state index in [0.717, 1.165) is 16.6 Å². The van der Waals surface area contributed by atoms with Crippen LogP contribution in [0.4, 0.5) is 14.5 Å². The van der Waals surface area contributed by atoms with Gasteiger partial charge in [0.15, 0.2) is 0 Å². The third-order valence-corrected chi connectivity index (χ3v) is 5.13. The number of benzene rings is 2. The maximum Gasteiger partial charge on any atom is 0.244 e. The molecule has 0 saturated heterocycles. The fourth-order valence-electron chi connectivity index (χ4n) is 2.58. The molecule has 140 valence electrons. The Morgan fingerprint density at radius 1 is 1.04 bits per heavy atom. The van der Waals surface area contributed by atoms with Gasteiger partial charge in [0.05, 0.1) is 18.0 Å². The van der Waals surface area contributed by atoms with Crippen molar-refractivity contribution in [1.29, 1.82) is 0 Å². The van der Waals surface area contributed by atoms with Crippen LogP contribution < -0.4 is 9.62 Å². The first-order valence-electron chi connectivity index (χ1n) is 7.91. The summed E-state index contributed by atoms with van der Waals surface area (Å²) in [5.41, 5.74) is 0.454. The summed E-state index contributed by atoms with van der Waals surface area (Å²) in [4.78, 5) is 12.6. The summed E-state index contributed by atoms with van der Waals surface area (Å²) < 4.78 is 52.2. The Labute approximate surface area is 151 Å². The first-order chi connectivity index (χ1) is 12.1. The van der Waals surface area contributed by atoms with E-state index in [1.165, 1.54) is 49.4 Å². The summed E-state index contributed by atoms with van der Waals surface area (Å²) in [7, 11) is -3.91. The number of hydrogen-bond donors (Lipinski definition) is 1. The van der Waals surface area contributed by atoms with Crippen LogP contribution in [0.5, 0.6) is 0 Å². The fraction of sp³-hybridized carbons (Fsp3) is 0.278. The minimum atomic E-state index is -3.91. The lowest BCUT2D eigenvalue weighted by Crippen LogP contribution is -2.48. The van der Waals surface area contributed by atoms with Crippen molar-refractivity contribution in [3.8, 4) is 0 Å². The maximum absolute atomic E-state index is 14.1. The molecule has 2 aromatic rings. The molecule has 8 heteroatoms. The summed E-state index contributed by atoms with van der Waals surface area (Å²) in [6, 6.07) is 9.27. The Bertz CT molecular complexity index is 886. The molecule has 2 rings (SSSR count). The molecule has 1 N–H and O–H groups in total. The highest BCUT2D eigenvalue weighted by Crippen LogP contribution is 2.24. The normalized spacial score (nSPS) is 13.7. The lowest BCUT2D eigenvalue weighted by Gasteiger charge is -2.29. The van der Waals surface area contributed by atoms with Gasteiger partial charge in [-0.1, -0.05) is 24.3 Å². The van der Waals surface area contributed by atoms with E-state index in [2.05, 4.69) is 5.32 Å². The zero-order valence-electron chi connectivity index (χ0n) is 14.6. The lowest BCUT2D eigenvalue weighted by molar-refractivity contribution is -0.122. The Kier molecular flexibility index (Phi) is 5.97. The highest BCUT2D eigenvalue weighted by Gasteiger charge is 2.31. The second kappa shape index (κ2) is 7.82. The molecular formula is C18H20F2N2O3S. The number of carbonyl (C=O) groups excluding carboxylic acids is 1. The van der Waals surface area contributed by atoms with Crippen molar-refractivity contribution in [1.82, 2.24) is 5.32 Å². The van der Waals surface area contributed by atoms with Gasteiger partial charge >= 0.3 is 0 Å². The molecule has 0 unspecified atom stereocenters. The maximum atomic E-state index is 14.1. The highest BCUT2D eigenvalue weighted by molar-refractivity contribution is 7.92. The number of carbonyl (C=O) groups is 1. The number of para-hydroxylation sites is 1. The SMILES string of the molecule is C[C@H](C(=O)N[C@H](C)c1ccc(F)cc1)N(c1ccccc1F)S(C)(=O)=O. The number of anilines is 1. The molecule has 0 radical (unpaired) electrons. The van der Waals surface area contributed by atoms with E-state index in [4.69, 9.17) is 0 Å². The molecule has 0 aliphatic carbocycles. The molecule has 0 aliphatic heterocycles. The number of amides is 1. The van der Waals surface area contributed by atoms with Gasteiger partial charge in [-0.3, -0.25) is 9.10 Å². The minimum absolute atomic E-state index is 0.202. The molecule has 5 nitrogen and oxygen atoms in total. The van der Waals surface area contributed by atoms with Gasteiger partial charge in [-0.15, -0.1) is 0 Å². The number of nitrogens with zero attached hydrogens (tertiary/aromatic N) is 1. The standard InChI is InChI=1S/C18H20F2N2O3S/c1-12(14-8-10-15(19)11-9-14)21-18(23)13(2)22(26(3,24)25)17-7-5-4-6-16(17)20/h4-13H,1-3H3,(H,21,23)/t12-,13-/m1/s1. The van der Waals surface area contributed by atoms with Crippen molar-refractivity contribution in [3.05, 3.63) is 65.7 Å². The molecule has 0 fully saturated rings. The van der Waals surface area contributed by atoms with Gasteiger partial charge in [-0.2, -0.15) is 0 Å². The average Bonchev–Trinajstić information content (AvgIpc) is 2.56. The van der Waals surface area contributed by atoms with Gasteiger partial charge in [0, 0.05) is 0 Å². The van der Waals surface area contributed by atoms with E-state index in [9.17, 15) is 22.0 Å². The average molecular weight is 382 g/mol. The number of halogens is 2. The second-order valence-corrected chi connectivity index (χ2v) is 7.83. The fourth-order valence-corrected chi connectivity index (χ4v) is 3.76. The van der Waals surface area contributed by atoms with Crippen LogP contribution in [0.3, 0.4) is 0 Å². The van der Waals surface area contributed by atoms with Crippen LogP contribution in [0.2, 0.25) is 0 Å². The quantitative estimate of drug-likeness (QED) is 0.835. The van der Waals surface area contributed by atoms with Gasteiger partial charge in [-0.05, 0) is 43.7 Å². The van der Waals surface area contributed by atoms with Crippen LogP contribution >= 0.6 is 0 Å². The first kappa shape index (κ1) is 19.8. The van der Waals surface area contributed by atoms with Gasteiger partial charge < -0.3 is 5.32 Å². The molecule has 1 amide bonds. The van der Waals surface area contributed by atoms with Gasteiger partial charge in [-0.25, -0.2) is 17.2 Å². The summed E-state index contributed by atoms with van der Waals surface area (Å²) in [5.74, 6) is -1.75. The van der Waals surface area contributed by atoms with Gasteiger partial charge in [0.2, 0.25) is 15.9 Å². The second-order valence-electron chi connectivity index (χ2n) is 5.97. The molecule has 0 aromatic heterocycles. The Morgan fingerprint density at radius 3 is 2.15 bits per heavy atom. The topological polar surface area (TPSA) is 66.5 Å². The summed E-state index contributed by atoms with van der Waals surface area (Å²) in [5, 5.41) is 2.67. The summed E-state index contributed by atoms with van der Waals surface area (Å²) in [6.07, 6.45) is 0.909. The molecule has 2 atom stereocenters. The van der Waals surface area contributed by atoms with Crippen LogP contribution in [0, 0.1) is 11.6 Å². The first-order valence-corrected chi connectivity index (χ1v) is 9.76. The molecular weight excluding hydrogens is 362 g/mol. The van der Waals surface area contributed by atoms with Crippen LogP contribution in [-0.2, 0) is 14.8 Å². The lowest BCUT2D eigenvalue weighted by atomic mass is 10.1. The number of hydrogen-bond acceptors (Lipinski definition) is 3. The van der Waals surface area contributed by atoms with Crippen molar-refractivity contribution in [2.75, 3.05) is 10.6 Å². The van der Waals surface area contributed by atoms with Crippen molar-refractivity contribution in [2.45, 2.75) is 25.9 Å². The number of rotatable bonds is 6. The Balaban J connectivity index is 2.25. The van der Waals surface area contributed by atoms with Gasteiger partial charge in [0.25, 0.3) is 0 Å². The largest absolute Gasteiger partial charge is 0.348 e. The summed E-state index contributed by atoms with van der Waals surface area (Å²) >= 11 is 0. The van der Waals surface area contributed by atoms with Crippen LogP contribution in [-0.4, -0.2) is 26.6 Å². The molecule has 0 aliphatic rings. The van der Waals surface area contributed by atoms with E-state index in [1.54, 1.807) is 6.92 Å². The van der Waals surface area contributed by atoms with Crippen LogP contribution in [0.25, 0.3) is 0 Å². The van der Waals surface area contributed by atoms with E-state index in [-0.39, 0.29) is 5.69 Å². The predicted octanol–water partition coefficient (Wildman–Crippen LogP) is 3.00. The van der Waals surface area contributed by atoms with E-state index >= 15 is 0 Å². The third kappa shape index (κ3) is 4.57. The van der Waals surface area contributed by atoms with Crippen LogP contribution in [0.15, 0.2) is 48.5 Å². The van der Waals surface area contributed by atoms with E-state index < -0.39 is 39.6 Å². The van der Waals surface area contributed by atoms with Crippen molar-refractivity contribution in [3.63, 3.8) is 0 Å². The monoisotopic (exact) mass is 382 g/mol. The zero-order chi connectivity index (χ0) is 19.5. The number of nitrogens with one attached hydrogen (secondary N) is 1. The van der Waals surface area contributed by atoms with E-state index in [0.29, 0.717) is 5.56 Å². The molecule has 0 spiro atoms. The number of sulfonamides is 1. The highest BCUT2D eigenvalue weighted by atomic mass is 32.2. The minimum Gasteiger partial charge on any atom is -0.348 e. The van der Waals surface area contributed by atoms with E-state index in [1.807, 2.05) is 0 Å². The summed E-state index contributed by atoms with van der Waals surface area (Å²) in [6.45, 7) is 3.06. The predicted molar refractivity (Wildman–Crippen MR) is 96.1 cm³/mol. The molecule has 0 saturated carbocycles. The van der Waals surface area contributed by atoms with Crippen molar-refractivity contribution >= 4 is 21.6 Å². The van der Waals surface area contributed by atoms with Crippen LogP contribution in [0.1, 0.15) is 25.5 Å².